The Balaban J connectivity index is 1.63. The predicted octanol–water partition coefficient (Wildman–Crippen LogP) is 2.76. The number of aromatic amines is 1. The van der Waals surface area contributed by atoms with Crippen molar-refractivity contribution in [1.82, 2.24) is 30.2 Å². The van der Waals surface area contributed by atoms with Crippen molar-refractivity contribution in [2.75, 3.05) is 31.1 Å². The number of nitrogens with one attached hydrogen (secondary N) is 2. The van der Waals surface area contributed by atoms with Gasteiger partial charge in [0.2, 0.25) is 11.8 Å². The molecule has 0 aromatic carbocycles. The lowest BCUT2D eigenvalue weighted by Crippen LogP contribution is -2.61. The first-order valence-corrected chi connectivity index (χ1v) is 11.3. The van der Waals surface area contributed by atoms with Crippen LogP contribution in [0.25, 0.3) is 22.4 Å². The summed E-state index contributed by atoms with van der Waals surface area (Å²) < 4.78 is 38.3. The highest BCUT2D eigenvalue weighted by atomic mass is 19.4. The summed E-state index contributed by atoms with van der Waals surface area (Å²) in [4.78, 5) is 44.9. The van der Waals surface area contributed by atoms with Crippen LogP contribution in [0.1, 0.15) is 20.3 Å². The van der Waals surface area contributed by atoms with Gasteiger partial charge < -0.3 is 20.1 Å². The third-order valence-corrected chi connectivity index (χ3v) is 5.71. The number of fused-ring (bicyclic) bond motifs is 1. The Hall–Kier alpha value is -3.70. The van der Waals surface area contributed by atoms with Gasteiger partial charge in [-0.15, -0.1) is 0 Å². The van der Waals surface area contributed by atoms with Crippen molar-refractivity contribution in [3.8, 4) is 11.4 Å². The van der Waals surface area contributed by atoms with Crippen LogP contribution < -0.4 is 10.2 Å². The number of hydrogen-bond acceptors (Lipinski definition) is 6. The molecule has 4 rings (SSSR count). The number of halogens is 3. The number of rotatable bonds is 6. The normalized spacial score (nSPS) is 16.7. The molecule has 1 unspecified atom stereocenters. The predicted molar refractivity (Wildman–Crippen MR) is 123 cm³/mol. The highest BCUT2D eigenvalue weighted by molar-refractivity contribution is 5.92. The Bertz CT molecular complexity index is 1210. The number of anilines is 1. The zero-order valence-corrected chi connectivity index (χ0v) is 19.3. The quantitative estimate of drug-likeness (QED) is 0.552. The Morgan fingerprint density at radius 3 is 2.74 bits per heavy atom. The zero-order chi connectivity index (χ0) is 25.2. The van der Waals surface area contributed by atoms with E-state index in [9.17, 15) is 22.8 Å². The van der Waals surface area contributed by atoms with Crippen LogP contribution in [0, 0.1) is 5.92 Å². The van der Waals surface area contributed by atoms with Gasteiger partial charge >= 0.3 is 6.18 Å². The molecule has 12 heteroatoms. The van der Waals surface area contributed by atoms with Crippen molar-refractivity contribution >= 4 is 28.7 Å². The van der Waals surface area contributed by atoms with Crippen LogP contribution in [-0.2, 0) is 9.59 Å². The first kappa shape index (κ1) is 24.4. The molecule has 1 atom stereocenters. The SMILES string of the molecule is CC(C)CC(=O)N1CCN(c2ccnc(-c3c[nH]c4ncccc34)n2)C(C(=O)NCC(F)(F)F)C1. The first-order chi connectivity index (χ1) is 16.6. The maximum atomic E-state index is 12.9. The molecular formula is C23H26F3N7O2. The molecule has 3 aromatic rings. The van der Waals surface area contributed by atoms with Gasteiger partial charge in [0.05, 0.1) is 6.54 Å². The highest BCUT2D eigenvalue weighted by Gasteiger charge is 2.37. The summed E-state index contributed by atoms with van der Waals surface area (Å²) in [6.45, 7) is 2.89. The van der Waals surface area contributed by atoms with E-state index in [1.807, 2.05) is 25.2 Å². The van der Waals surface area contributed by atoms with Gasteiger partial charge in [-0.25, -0.2) is 15.0 Å². The molecule has 4 heterocycles. The summed E-state index contributed by atoms with van der Waals surface area (Å²) in [6.07, 6.45) is 0.668. The van der Waals surface area contributed by atoms with Crippen molar-refractivity contribution < 1.29 is 22.8 Å². The number of carbonyl (C=O) groups excluding carboxylic acids is 2. The lowest BCUT2D eigenvalue weighted by molar-refractivity contribution is -0.141. The molecule has 9 nitrogen and oxygen atoms in total. The number of carbonyl (C=O) groups is 2. The topological polar surface area (TPSA) is 107 Å². The smallest absolute Gasteiger partial charge is 0.345 e. The van der Waals surface area contributed by atoms with Crippen LogP contribution in [0.2, 0.25) is 0 Å². The summed E-state index contributed by atoms with van der Waals surface area (Å²) in [5.41, 5.74) is 1.37. The van der Waals surface area contributed by atoms with Crippen LogP contribution in [0.4, 0.5) is 19.0 Å². The second-order valence-corrected chi connectivity index (χ2v) is 8.82. The van der Waals surface area contributed by atoms with Crippen molar-refractivity contribution in [3.05, 3.63) is 36.8 Å². The standard InChI is InChI=1S/C23H26F3N7O2/c1-14(2)10-19(34)32-8-9-33(17(12-32)22(35)30-13-23(24,25)26)18-5-7-28-21(31-18)16-11-29-20-15(16)4-3-6-27-20/h3-7,11,14,17H,8-10,12-13H2,1-2H3,(H,27,29)(H,30,35). The molecule has 1 saturated heterocycles. The van der Waals surface area contributed by atoms with Crippen LogP contribution >= 0.6 is 0 Å². The van der Waals surface area contributed by atoms with Gasteiger partial charge in [0.15, 0.2) is 5.82 Å². The Labute approximate surface area is 199 Å². The zero-order valence-electron chi connectivity index (χ0n) is 19.3. The molecule has 0 bridgehead atoms. The fourth-order valence-electron chi connectivity index (χ4n) is 4.07. The van der Waals surface area contributed by atoms with Crippen molar-refractivity contribution in [2.24, 2.45) is 5.92 Å². The first-order valence-electron chi connectivity index (χ1n) is 11.3. The molecular weight excluding hydrogens is 463 g/mol. The van der Waals surface area contributed by atoms with E-state index in [1.54, 1.807) is 29.4 Å². The van der Waals surface area contributed by atoms with Gasteiger partial charge in [-0.2, -0.15) is 13.2 Å². The van der Waals surface area contributed by atoms with E-state index in [-0.39, 0.29) is 24.9 Å². The Morgan fingerprint density at radius 1 is 1.20 bits per heavy atom. The fourth-order valence-corrected chi connectivity index (χ4v) is 4.07. The van der Waals surface area contributed by atoms with Gasteiger partial charge in [0.1, 0.15) is 24.1 Å². The number of piperazine rings is 1. The second-order valence-electron chi connectivity index (χ2n) is 8.82. The molecule has 2 amide bonds. The van der Waals surface area contributed by atoms with Crippen molar-refractivity contribution in [1.29, 1.82) is 0 Å². The van der Waals surface area contributed by atoms with Gasteiger partial charge in [0.25, 0.3) is 0 Å². The van der Waals surface area contributed by atoms with Crippen molar-refractivity contribution in [3.63, 3.8) is 0 Å². The van der Waals surface area contributed by atoms with Crippen LogP contribution in [0.5, 0.6) is 0 Å². The molecule has 0 radical (unpaired) electrons. The molecule has 186 valence electrons. The maximum absolute atomic E-state index is 12.9. The molecule has 1 aliphatic rings. The number of hydrogen-bond donors (Lipinski definition) is 2. The summed E-state index contributed by atoms with van der Waals surface area (Å²) in [5, 5.41) is 2.77. The summed E-state index contributed by atoms with van der Waals surface area (Å²) in [6, 6.07) is 4.23. The molecule has 35 heavy (non-hydrogen) atoms. The van der Waals surface area contributed by atoms with Gasteiger partial charge in [-0.3, -0.25) is 9.59 Å². The largest absolute Gasteiger partial charge is 0.405 e. The third-order valence-electron chi connectivity index (χ3n) is 5.71. The van der Waals surface area contributed by atoms with E-state index < -0.39 is 24.7 Å². The number of pyridine rings is 1. The minimum atomic E-state index is -4.55. The van der Waals surface area contributed by atoms with E-state index in [4.69, 9.17) is 0 Å². The average Bonchev–Trinajstić information content (AvgIpc) is 3.25. The van der Waals surface area contributed by atoms with Gasteiger partial charge in [-0.05, 0) is 24.1 Å². The van der Waals surface area contributed by atoms with Crippen LogP contribution in [0.15, 0.2) is 36.8 Å². The molecule has 1 fully saturated rings. The van der Waals surface area contributed by atoms with Crippen molar-refractivity contribution in [2.45, 2.75) is 32.5 Å². The van der Waals surface area contributed by atoms with E-state index in [2.05, 4.69) is 19.9 Å². The molecule has 0 aliphatic carbocycles. The third kappa shape index (κ3) is 5.69. The Morgan fingerprint density at radius 2 is 2.00 bits per heavy atom. The van der Waals surface area contributed by atoms with Crippen LogP contribution in [-0.4, -0.2) is 75.0 Å². The van der Waals surface area contributed by atoms with E-state index in [0.29, 0.717) is 35.8 Å². The number of alkyl halides is 3. The molecule has 0 spiro atoms. The molecule has 0 saturated carbocycles. The van der Waals surface area contributed by atoms with Gasteiger partial charge in [-0.1, -0.05) is 13.8 Å². The lowest BCUT2D eigenvalue weighted by Gasteiger charge is -2.41. The van der Waals surface area contributed by atoms with E-state index in [0.717, 1.165) is 5.39 Å². The minimum absolute atomic E-state index is 0.0361. The Kier molecular flexibility index (Phi) is 6.90. The summed E-state index contributed by atoms with van der Waals surface area (Å²) in [5.74, 6) is -0.0669. The van der Waals surface area contributed by atoms with E-state index >= 15 is 0 Å². The number of H-pyrrole nitrogens is 1. The average molecular weight is 490 g/mol. The van der Waals surface area contributed by atoms with Crippen LogP contribution in [0.3, 0.4) is 0 Å². The van der Waals surface area contributed by atoms with Gasteiger partial charge in [0, 0.05) is 49.1 Å². The summed E-state index contributed by atoms with van der Waals surface area (Å²) in [7, 11) is 0. The lowest BCUT2D eigenvalue weighted by atomic mass is 10.1. The summed E-state index contributed by atoms with van der Waals surface area (Å²) >= 11 is 0. The number of aromatic nitrogens is 4. The minimum Gasteiger partial charge on any atom is -0.345 e. The number of amides is 2. The molecule has 1 aliphatic heterocycles. The van der Waals surface area contributed by atoms with E-state index in [1.165, 1.54) is 11.1 Å². The highest BCUT2D eigenvalue weighted by Crippen LogP contribution is 2.27. The number of nitrogens with zero attached hydrogens (tertiary/aromatic N) is 5. The fraction of sp³-hybridized carbons (Fsp3) is 0.435. The molecule has 2 N–H and O–H groups in total. The maximum Gasteiger partial charge on any atom is 0.405 e. The monoisotopic (exact) mass is 489 g/mol. The second kappa shape index (κ2) is 9.88. The molecule has 3 aromatic heterocycles.